The summed E-state index contributed by atoms with van der Waals surface area (Å²) in [5, 5.41) is 0. The van der Waals surface area contributed by atoms with Crippen LogP contribution < -0.4 is 0 Å². The Morgan fingerprint density at radius 3 is 1.63 bits per heavy atom. The summed E-state index contributed by atoms with van der Waals surface area (Å²) in [6.45, 7) is 13.8. The minimum atomic E-state index is -1.06. The second kappa shape index (κ2) is 9.14. The highest BCUT2D eigenvalue weighted by Gasteiger charge is 2.22. The van der Waals surface area contributed by atoms with E-state index in [9.17, 15) is 0 Å². The summed E-state index contributed by atoms with van der Waals surface area (Å²) >= 11 is 0. The van der Waals surface area contributed by atoms with Crippen molar-refractivity contribution in [2.45, 2.75) is 76.8 Å². The van der Waals surface area contributed by atoms with Gasteiger partial charge in [-0.2, -0.15) is 0 Å². The van der Waals surface area contributed by atoms with Crippen LogP contribution >= 0.6 is 0 Å². The van der Waals surface area contributed by atoms with Gasteiger partial charge in [0.15, 0.2) is 0 Å². The van der Waals surface area contributed by atoms with Gasteiger partial charge >= 0.3 is 0 Å². The number of nitrogens with zero attached hydrogens (tertiary/aromatic N) is 1. The third-order valence-electron chi connectivity index (χ3n) is 4.62. The monoisotopic (exact) mass is 299 g/mol. The Morgan fingerprint density at radius 2 is 1.21 bits per heavy atom. The van der Waals surface area contributed by atoms with Crippen molar-refractivity contribution in [3.63, 3.8) is 0 Å². The van der Waals surface area contributed by atoms with Crippen LogP contribution in [0.4, 0.5) is 0 Å². The lowest BCUT2D eigenvalue weighted by molar-refractivity contribution is 0.589. The molecule has 0 aromatic heterocycles. The van der Waals surface area contributed by atoms with Gasteiger partial charge in [-0.25, -0.2) is 0 Å². The lowest BCUT2D eigenvalue weighted by atomic mass is 10.1. The molecule has 0 saturated carbocycles. The normalized spacial score (nSPS) is 13.0. The van der Waals surface area contributed by atoms with Gasteiger partial charge in [-0.05, 0) is 20.1 Å². The molecular formula is C16H37NSi2. The Kier molecular flexibility index (Phi) is 9.20. The summed E-state index contributed by atoms with van der Waals surface area (Å²) in [5.41, 5.74) is 2.24. The minimum absolute atomic E-state index is 1.03. The van der Waals surface area contributed by atoms with E-state index in [0.717, 1.165) is 0 Å². The SMILES string of the molecule is C=C[Si](C)(C)CCCCCCCC[Si](C)(C)N(C)C. The van der Waals surface area contributed by atoms with Gasteiger partial charge in [0.2, 0.25) is 0 Å². The van der Waals surface area contributed by atoms with Gasteiger partial charge in [0.05, 0.1) is 8.07 Å². The molecule has 3 heteroatoms. The maximum Gasteiger partial charge on any atom is 0.121 e. The van der Waals surface area contributed by atoms with Crippen molar-refractivity contribution in [2.24, 2.45) is 0 Å². The Bertz CT molecular complexity index is 247. The molecule has 0 spiro atoms. The van der Waals surface area contributed by atoms with Gasteiger partial charge in [0.25, 0.3) is 0 Å². The fourth-order valence-electron chi connectivity index (χ4n) is 2.17. The van der Waals surface area contributed by atoms with Crippen molar-refractivity contribution < 1.29 is 0 Å². The highest BCUT2D eigenvalue weighted by Crippen LogP contribution is 2.19. The first-order chi connectivity index (χ1) is 8.71. The largest absolute Gasteiger partial charge is 0.329 e. The average molecular weight is 300 g/mol. The van der Waals surface area contributed by atoms with Crippen molar-refractivity contribution in [1.82, 2.24) is 4.57 Å². The maximum absolute atomic E-state index is 3.97. The molecule has 0 bridgehead atoms. The van der Waals surface area contributed by atoms with E-state index in [1.807, 2.05) is 0 Å². The Hall–Kier alpha value is 0.134. The summed E-state index contributed by atoms with van der Waals surface area (Å²) in [6.07, 6.45) is 8.60. The molecule has 114 valence electrons. The van der Waals surface area contributed by atoms with Crippen LogP contribution in [0, 0.1) is 0 Å². The number of hydrogen-bond acceptors (Lipinski definition) is 1. The van der Waals surface area contributed by atoms with Crippen molar-refractivity contribution in [1.29, 1.82) is 0 Å². The highest BCUT2D eigenvalue weighted by molar-refractivity contribution is 6.82. The first-order valence-corrected chi connectivity index (χ1v) is 14.5. The summed E-state index contributed by atoms with van der Waals surface area (Å²) in [5.74, 6) is 0. The second-order valence-electron chi connectivity index (χ2n) is 7.52. The van der Waals surface area contributed by atoms with Crippen molar-refractivity contribution in [3.8, 4) is 0 Å². The van der Waals surface area contributed by atoms with Gasteiger partial charge in [-0.1, -0.05) is 70.8 Å². The first kappa shape index (κ1) is 19.1. The molecule has 0 amide bonds. The molecule has 0 saturated heterocycles. The molecule has 0 aliphatic heterocycles. The molecule has 1 nitrogen and oxygen atoms in total. The molecule has 0 aromatic carbocycles. The van der Waals surface area contributed by atoms with Crippen molar-refractivity contribution >= 4 is 16.3 Å². The topological polar surface area (TPSA) is 3.24 Å². The predicted octanol–water partition coefficient (Wildman–Crippen LogP) is 5.53. The molecule has 0 aromatic rings. The Morgan fingerprint density at radius 1 is 0.789 bits per heavy atom. The summed E-state index contributed by atoms with van der Waals surface area (Å²) in [4.78, 5) is 0. The van der Waals surface area contributed by atoms with E-state index < -0.39 is 16.3 Å². The van der Waals surface area contributed by atoms with E-state index in [4.69, 9.17) is 0 Å². The Balaban J connectivity index is 3.45. The van der Waals surface area contributed by atoms with Crippen LogP contribution in [0.2, 0.25) is 38.3 Å². The highest BCUT2D eigenvalue weighted by atomic mass is 28.3. The van der Waals surface area contributed by atoms with Gasteiger partial charge in [-0.3, -0.25) is 0 Å². The number of unbranched alkanes of at least 4 members (excludes halogenated alkanes) is 5. The zero-order valence-corrected chi connectivity index (χ0v) is 16.4. The smallest absolute Gasteiger partial charge is 0.121 e. The van der Waals surface area contributed by atoms with E-state index in [0.29, 0.717) is 0 Å². The molecular weight excluding hydrogens is 262 g/mol. The quantitative estimate of drug-likeness (QED) is 0.358. The van der Waals surface area contributed by atoms with E-state index in [1.165, 1.54) is 50.6 Å². The third-order valence-corrected chi connectivity index (χ3v) is 11.4. The van der Waals surface area contributed by atoms with E-state index in [-0.39, 0.29) is 0 Å². The molecule has 0 fully saturated rings. The Labute approximate surface area is 124 Å². The molecule has 0 atom stereocenters. The minimum Gasteiger partial charge on any atom is -0.329 e. The van der Waals surface area contributed by atoms with E-state index >= 15 is 0 Å². The third kappa shape index (κ3) is 9.63. The number of hydrogen-bond donors (Lipinski definition) is 0. The molecule has 0 unspecified atom stereocenters. The van der Waals surface area contributed by atoms with Crippen LogP contribution in [-0.2, 0) is 0 Å². The molecule has 0 aliphatic rings. The van der Waals surface area contributed by atoms with Crippen LogP contribution in [0.25, 0.3) is 0 Å². The molecule has 0 aliphatic carbocycles. The van der Waals surface area contributed by atoms with E-state index in [2.05, 4.69) is 57.1 Å². The van der Waals surface area contributed by atoms with Crippen molar-refractivity contribution in [3.05, 3.63) is 12.3 Å². The van der Waals surface area contributed by atoms with Crippen LogP contribution in [0.1, 0.15) is 38.5 Å². The molecule has 0 N–H and O–H groups in total. The average Bonchev–Trinajstić information content (AvgIpc) is 2.32. The van der Waals surface area contributed by atoms with E-state index in [1.54, 1.807) is 0 Å². The molecule has 19 heavy (non-hydrogen) atoms. The zero-order valence-electron chi connectivity index (χ0n) is 14.4. The molecule has 0 rings (SSSR count). The second-order valence-corrected chi connectivity index (χ2v) is 17.4. The van der Waals surface area contributed by atoms with Crippen LogP contribution in [-0.4, -0.2) is 35.0 Å². The fraction of sp³-hybridized carbons (Fsp3) is 0.875. The number of rotatable bonds is 11. The fourth-order valence-corrected chi connectivity index (χ4v) is 5.10. The summed E-state index contributed by atoms with van der Waals surface area (Å²) < 4.78 is 2.48. The van der Waals surface area contributed by atoms with Crippen LogP contribution in [0.5, 0.6) is 0 Å². The lowest BCUT2D eigenvalue weighted by Gasteiger charge is -2.30. The first-order valence-electron chi connectivity index (χ1n) is 8.02. The molecule has 0 radical (unpaired) electrons. The van der Waals surface area contributed by atoms with Gasteiger partial charge in [0.1, 0.15) is 8.24 Å². The maximum atomic E-state index is 3.97. The lowest BCUT2D eigenvalue weighted by Crippen LogP contribution is -2.43. The van der Waals surface area contributed by atoms with Crippen LogP contribution in [0.15, 0.2) is 12.3 Å². The summed E-state index contributed by atoms with van der Waals surface area (Å²) in [6, 6.07) is 2.88. The predicted molar refractivity (Wildman–Crippen MR) is 96.2 cm³/mol. The van der Waals surface area contributed by atoms with Gasteiger partial charge in [-0.15, -0.1) is 12.3 Å². The van der Waals surface area contributed by atoms with Gasteiger partial charge in [0, 0.05) is 0 Å². The van der Waals surface area contributed by atoms with Crippen molar-refractivity contribution in [2.75, 3.05) is 14.1 Å². The molecule has 0 heterocycles. The summed E-state index contributed by atoms with van der Waals surface area (Å²) in [7, 11) is 2.41. The standard InChI is InChI=1S/C16H37NSi2/c1-8-18(4,5)15-13-11-9-10-12-14-16-19(6,7)17(2)3/h8H,1,9-16H2,2-7H3. The van der Waals surface area contributed by atoms with Gasteiger partial charge < -0.3 is 4.57 Å². The zero-order chi connectivity index (χ0) is 14.9. The van der Waals surface area contributed by atoms with Crippen LogP contribution in [0.3, 0.4) is 0 Å².